The van der Waals surface area contributed by atoms with E-state index in [4.69, 9.17) is 0 Å². The van der Waals surface area contributed by atoms with Crippen LogP contribution >= 0.6 is 0 Å². The lowest BCUT2D eigenvalue weighted by molar-refractivity contribution is 0.736. The fraction of sp³-hybridized carbons (Fsp3) is 0.0714. The zero-order valence-corrected chi connectivity index (χ0v) is 33.5. The highest BCUT2D eigenvalue weighted by molar-refractivity contribution is 6.13. The molecule has 62 heavy (non-hydrogen) atoms. The Kier molecular flexibility index (Phi) is 7.29. The van der Waals surface area contributed by atoms with Crippen molar-refractivity contribution in [2.24, 2.45) is 0 Å². The van der Waals surface area contributed by atoms with Crippen LogP contribution in [0.4, 0.5) is 22.7 Å². The van der Waals surface area contributed by atoms with Crippen molar-refractivity contribution in [3.05, 3.63) is 216 Å². The van der Waals surface area contributed by atoms with Gasteiger partial charge in [0.1, 0.15) is 23.3 Å². The number of fused-ring (bicyclic) bond motifs is 12. The van der Waals surface area contributed by atoms with Crippen LogP contribution in [0.25, 0.3) is 55.0 Å². The summed E-state index contributed by atoms with van der Waals surface area (Å²) in [5.41, 5.74) is 12.1. The molecule has 2 aliphatic carbocycles. The fourth-order valence-corrected chi connectivity index (χ4v) is 11.2. The van der Waals surface area contributed by atoms with Crippen molar-refractivity contribution < 1.29 is 0 Å². The van der Waals surface area contributed by atoms with E-state index < -0.39 is 0 Å². The molecule has 6 nitrogen and oxygen atoms in total. The lowest BCUT2D eigenvalue weighted by Crippen LogP contribution is -2.34. The standard InChI is InChI=1S/C56H36N6/c57-33-43-53(59-45-25-9-1-17-35(45)36-18-2-10-26-46(36)59)54(60-47-27-11-3-19-37(47)38-20-4-12-28-48(38)60)44(34-58)56(62-51-31-15-7-23-41(51)42-24-8-16-32-52(42)62)55(43)61-49-29-13-5-21-39(49)40-22-6-14-30-50(40)61/h1-32,35,39,45,49H. The third kappa shape index (κ3) is 4.50. The second kappa shape index (κ2) is 13.1. The average molecular weight is 793 g/mol. The van der Waals surface area contributed by atoms with Crippen molar-refractivity contribution in [3.63, 3.8) is 0 Å². The SMILES string of the molecule is N#Cc1c(N2c3ccccc3C3C=CC=CC32)c(-n2c3ccccc3c3ccccc32)c(C#N)c(-n2c3ccccc3c3ccccc32)c1N1c2ccccc2C2C=CC=CC21. The van der Waals surface area contributed by atoms with Gasteiger partial charge in [0.25, 0.3) is 0 Å². The Morgan fingerprint density at radius 3 is 1.06 bits per heavy atom. The van der Waals surface area contributed by atoms with E-state index in [9.17, 15) is 10.5 Å². The zero-order chi connectivity index (χ0) is 41.1. The van der Waals surface area contributed by atoms with Crippen LogP contribution in [0.2, 0.25) is 0 Å². The van der Waals surface area contributed by atoms with Crippen molar-refractivity contribution in [3.8, 4) is 23.5 Å². The van der Waals surface area contributed by atoms with Crippen molar-refractivity contribution >= 4 is 66.4 Å². The number of anilines is 4. The van der Waals surface area contributed by atoms with Gasteiger partial charge in [-0.1, -0.05) is 158 Å². The molecule has 0 N–H and O–H groups in total. The highest BCUT2D eigenvalue weighted by Crippen LogP contribution is 2.58. The van der Waals surface area contributed by atoms with Gasteiger partial charge in [-0.3, -0.25) is 0 Å². The number of nitrogens with zero attached hydrogens (tertiary/aromatic N) is 6. The molecule has 0 saturated carbocycles. The number of benzene rings is 7. The van der Waals surface area contributed by atoms with Gasteiger partial charge in [-0.2, -0.15) is 10.5 Å². The Labute approximate surface area is 358 Å². The largest absolute Gasteiger partial charge is 0.330 e. The van der Waals surface area contributed by atoms with E-state index in [0.29, 0.717) is 33.9 Å². The van der Waals surface area contributed by atoms with E-state index >= 15 is 0 Å². The van der Waals surface area contributed by atoms with Gasteiger partial charge in [-0.15, -0.1) is 0 Å². The molecule has 290 valence electrons. The lowest BCUT2D eigenvalue weighted by atomic mass is 9.90. The lowest BCUT2D eigenvalue weighted by Gasteiger charge is -2.37. The predicted octanol–water partition coefficient (Wildman–Crippen LogP) is 13.1. The minimum atomic E-state index is -0.147. The number of hydrogen-bond acceptors (Lipinski definition) is 4. The van der Waals surface area contributed by atoms with Crippen molar-refractivity contribution in [1.82, 2.24) is 9.13 Å². The Bertz CT molecular complexity index is 3290. The van der Waals surface area contributed by atoms with Crippen LogP contribution in [0.5, 0.6) is 0 Å². The van der Waals surface area contributed by atoms with Gasteiger partial charge in [-0.05, 0) is 47.5 Å². The number of hydrogen-bond donors (Lipinski definition) is 0. The molecule has 9 aromatic rings. The van der Waals surface area contributed by atoms with E-state index in [0.717, 1.165) is 55.0 Å². The molecule has 4 heterocycles. The van der Waals surface area contributed by atoms with Gasteiger partial charge in [0, 0.05) is 44.8 Å². The van der Waals surface area contributed by atoms with Gasteiger partial charge < -0.3 is 18.9 Å². The normalized spacial score (nSPS) is 19.3. The number of aromatic nitrogens is 2. The van der Waals surface area contributed by atoms with Gasteiger partial charge >= 0.3 is 0 Å². The van der Waals surface area contributed by atoms with E-state index in [1.165, 1.54) is 11.1 Å². The molecule has 0 spiro atoms. The highest BCUT2D eigenvalue weighted by atomic mass is 15.3. The van der Waals surface area contributed by atoms with Gasteiger partial charge in [0.05, 0.1) is 56.9 Å². The molecule has 4 atom stereocenters. The van der Waals surface area contributed by atoms with E-state index in [1.807, 2.05) is 0 Å². The molecule has 0 radical (unpaired) electrons. The van der Waals surface area contributed by atoms with Crippen LogP contribution in [0, 0.1) is 22.7 Å². The molecule has 2 aliphatic heterocycles. The smallest absolute Gasteiger partial charge is 0.104 e. The topological polar surface area (TPSA) is 63.9 Å². The van der Waals surface area contributed by atoms with Crippen molar-refractivity contribution in [2.75, 3.05) is 9.80 Å². The van der Waals surface area contributed by atoms with Crippen LogP contribution in [-0.4, -0.2) is 21.2 Å². The Hall–Kier alpha value is -8.32. The summed E-state index contributed by atoms with van der Waals surface area (Å²) in [6.45, 7) is 0. The van der Waals surface area contributed by atoms with Gasteiger partial charge in [0.2, 0.25) is 0 Å². The van der Waals surface area contributed by atoms with Crippen LogP contribution in [0.1, 0.15) is 34.1 Å². The Morgan fingerprint density at radius 2 is 0.677 bits per heavy atom. The third-order valence-corrected chi connectivity index (χ3v) is 13.6. The summed E-state index contributed by atoms with van der Waals surface area (Å²) in [7, 11) is 0. The van der Waals surface area contributed by atoms with Gasteiger partial charge in [0.15, 0.2) is 0 Å². The minimum absolute atomic E-state index is 0.0445. The van der Waals surface area contributed by atoms with Crippen LogP contribution < -0.4 is 9.80 Å². The van der Waals surface area contributed by atoms with Crippen LogP contribution in [-0.2, 0) is 0 Å². The molecule has 13 rings (SSSR count). The first-order valence-electron chi connectivity index (χ1n) is 21.2. The third-order valence-electron chi connectivity index (χ3n) is 13.6. The number of allylic oxidation sites excluding steroid dienone is 4. The first-order chi connectivity index (χ1) is 30.8. The highest BCUT2D eigenvalue weighted by Gasteiger charge is 2.46. The summed E-state index contributed by atoms with van der Waals surface area (Å²) >= 11 is 0. The minimum Gasteiger partial charge on any atom is -0.330 e. The second-order valence-corrected chi connectivity index (χ2v) is 16.5. The fourth-order valence-electron chi connectivity index (χ4n) is 11.2. The first-order valence-corrected chi connectivity index (χ1v) is 21.2. The molecular weight excluding hydrogens is 757 g/mol. The molecule has 0 fully saturated rings. The molecule has 6 heteroatoms. The summed E-state index contributed by atoms with van der Waals surface area (Å²) in [5.74, 6) is 0.0890. The zero-order valence-electron chi connectivity index (χ0n) is 33.5. The summed E-state index contributed by atoms with van der Waals surface area (Å²) in [6.07, 6.45) is 17.5. The quantitative estimate of drug-likeness (QED) is 0.178. The Balaban J connectivity index is 1.30. The molecule has 4 unspecified atom stereocenters. The monoisotopic (exact) mass is 792 g/mol. The van der Waals surface area contributed by atoms with Crippen LogP contribution in [0.3, 0.4) is 0 Å². The number of para-hydroxylation sites is 6. The average Bonchev–Trinajstić information content (AvgIpc) is 4.06. The first kappa shape index (κ1) is 34.5. The maximum atomic E-state index is 12.3. The Morgan fingerprint density at radius 1 is 0.355 bits per heavy atom. The molecule has 0 saturated heterocycles. The van der Waals surface area contributed by atoms with E-state index in [2.05, 4.69) is 225 Å². The van der Waals surface area contributed by atoms with Crippen LogP contribution in [0.15, 0.2) is 194 Å². The molecule has 7 aromatic carbocycles. The molecular formula is C56H36N6. The van der Waals surface area contributed by atoms with Crippen molar-refractivity contribution in [2.45, 2.75) is 23.9 Å². The number of nitriles is 2. The number of rotatable bonds is 4. The summed E-state index contributed by atoms with van der Waals surface area (Å²) < 4.78 is 4.53. The summed E-state index contributed by atoms with van der Waals surface area (Å²) in [5, 5.41) is 28.9. The second-order valence-electron chi connectivity index (χ2n) is 16.5. The van der Waals surface area contributed by atoms with E-state index in [1.54, 1.807) is 0 Å². The predicted molar refractivity (Wildman–Crippen MR) is 251 cm³/mol. The summed E-state index contributed by atoms with van der Waals surface area (Å²) in [4.78, 5) is 4.74. The van der Waals surface area contributed by atoms with E-state index in [-0.39, 0.29) is 23.9 Å². The maximum absolute atomic E-state index is 12.3. The van der Waals surface area contributed by atoms with Crippen molar-refractivity contribution in [1.29, 1.82) is 10.5 Å². The molecule has 2 aromatic heterocycles. The van der Waals surface area contributed by atoms with Gasteiger partial charge in [-0.25, -0.2) is 0 Å². The summed E-state index contributed by atoms with van der Waals surface area (Å²) in [6, 6.07) is 56.5. The maximum Gasteiger partial charge on any atom is 0.104 e. The molecule has 0 amide bonds. The molecule has 0 bridgehead atoms. The molecule has 4 aliphatic rings.